The van der Waals surface area contributed by atoms with Gasteiger partial charge in [0.15, 0.2) is 0 Å². The third-order valence-corrected chi connectivity index (χ3v) is 4.34. The van der Waals surface area contributed by atoms with Crippen LogP contribution in [0.2, 0.25) is 5.02 Å². The van der Waals surface area contributed by atoms with Crippen molar-refractivity contribution in [2.24, 2.45) is 0 Å². The van der Waals surface area contributed by atoms with Crippen LogP contribution in [0.1, 0.15) is 40.7 Å². The zero-order chi connectivity index (χ0) is 13.4. The third-order valence-electron chi connectivity index (χ3n) is 3.99. The molecule has 0 unspecified atom stereocenters. The first-order valence-electron chi connectivity index (χ1n) is 6.66. The lowest BCUT2D eigenvalue weighted by molar-refractivity contribution is 0.0965. The molecule has 1 aliphatic carbocycles. The molecule has 3 rings (SSSR count). The van der Waals surface area contributed by atoms with Crippen molar-refractivity contribution in [1.29, 1.82) is 0 Å². The Labute approximate surface area is 117 Å². The highest BCUT2D eigenvalue weighted by atomic mass is 35.5. The zero-order valence-electron chi connectivity index (χ0n) is 10.6. The topological polar surface area (TPSA) is 61.4 Å². The minimum absolute atomic E-state index is 0.0335. The SMILES string of the molecule is O=C1NCc2cc(Cl)c(CN[C@@H]3CCC[C@@H]3O)cc21. The van der Waals surface area contributed by atoms with Gasteiger partial charge in [-0.05, 0) is 42.5 Å². The highest BCUT2D eigenvalue weighted by molar-refractivity contribution is 6.31. The van der Waals surface area contributed by atoms with Gasteiger partial charge in [-0.3, -0.25) is 4.79 Å². The van der Waals surface area contributed by atoms with Crippen molar-refractivity contribution in [3.8, 4) is 0 Å². The van der Waals surface area contributed by atoms with Crippen molar-refractivity contribution in [2.75, 3.05) is 0 Å². The van der Waals surface area contributed by atoms with Crippen LogP contribution in [0.4, 0.5) is 0 Å². The highest BCUT2D eigenvalue weighted by Crippen LogP contribution is 2.26. The molecule has 1 saturated carbocycles. The van der Waals surface area contributed by atoms with E-state index in [-0.39, 0.29) is 18.1 Å². The molecule has 1 heterocycles. The van der Waals surface area contributed by atoms with Crippen molar-refractivity contribution in [3.05, 3.63) is 33.8 Å². The molecular weight excluding hydrogens is 264 g/mol. The van der Waals surface area contributed by atoms with E-state index in [0.29, 0.717) is 23.7 Å². The Bertz CT molecular complexity index is 518. The van der Waals surface area contributed by atoms with Crippen molar-refractivity contribution < 1.29 is 9.90 Å². The average molecular weight is 281 g/mol. The van der Waals surface area contributed by atoms with E-state index in [1.54, 1.807) is 0 Å². The quantitative estimate of drug-likeness (QED) is 0.788. The summed E-state index contributed by atoms with van der Waals surface area (Å²) in [7, 11) is 0. The Morgan fingerprint density at radius 2 is 2.26 bits per heavy atom. The summed E-state index contributed by atoms with van der Waals surface area (Å²) in [6.07, 6.45) is 2.64. The lowest BCUT2D eigenvalue weighted by Gasteiger charge is -2.17. The number of hydrogen-bond donors (Lipinski definition) is 3. The largest absolute Gasteiger partial charge is 0.392 e. The van der Waals surface area contributed by atoms with Crippen LogP contribution in [0.15, 0.2) is 12.1 Å². The van der Waals surface area contributed by atoms with Crippen LogP contribution < -0.4 is 10.6 Å². The molecule has 4 nitrogen and oxygen atoms in total. The molecule has 1 aliphatic heterocycles. The van der Waals surface area contributed by atoms with Gasteiger partial charge in [-0.15, -0.1) is 0 Å². The predicted octanol–water partition coefficient (Wildman–Crippen LogP) is 1.59. The molecule has 19 heavy (non-hydrogen) atoms. The number of hydrogen-bond acceptors (Lipinski definition) is 3. The van der Waals surface area contributed by atoms with Gasteiger partial charge in [-0.25, -0.2) is 0 Å². The number of carbonyl (C=O) groups excluding carboxylic acids is 1. The maximum Gasteiger partial charge on any atom is 0.251 e. The van der Waals surface area contributed by atoms with E-state index in [4.69, 9.17) is 11.6 Å². The predicted molar refractivity (Wildman–Crippen MR) is 73.1 cm³/mol. The highest BCUT2D eigenvalue weighted by Gasteiger charge is 2.25. The number of benzene rings is 1. The van der Waals surface area contributed by atoms with E-state index in [1.165, 1.54) is 0 Å². The molecular formula is C14H17ClN2O2. The Hall–Kier alpha value is -1.10. The van der Waals surface area contributed by atoms with Crippen molar-refractivity contribution in [1.82, 2.24) is 10.6 Å². The molecule has 102 valence electrons. The van der Waals surface area contributed by atoms with E-state index < -0.39 is 0 Å². The summed E-state index contributed by atoms with van der Waals surface area (Å²) in [5, 5.41) is 16.6. The number of rotatable bonds is 3. The van der Waals surface area contributed by atoms with E-state index >= 15 is 0 Å². The summed E-state index contributed by atoms with van der Waals surface area (Å²) < 4.78 is 0. The van der Waals surface area contributed by atoms with Gasteiger partial charge in [-0.1, -0.05) is 11.6 Å². The number of nitrogens with one attached hydrogen (secondary N) is 2. The zero-order valence-corrected chi connectivity index (χ0v) is 11.3. The summed E-state index contributed by atoms with van der Waals surface area (Å²) >= 11 is 6.24. The number of aliphatic hydroxyl groups is 1. The van der Waals surface area contributed by atoms with Crippen LogP contribution in [0, 0.1) is 0 Å². The Balaban J connectivity index is 1.74. The Kier molecular flexibility index (Phi) is 3.48. The van der Waals surface area contributed by atoms with Gasteiger partial charge in [0.1, 0.15) is 0 Å². The van der Waals surface area contributed by atoms with Gasteiger partial charge in [0.2, 0.25) is 0 Å². The van der Waals surface area contributed by atoms with Crippen LogP contribution in [0.3, 0.4) is 0 Å². The fourth-order valence-electron chi connectivity index (χ4n) is 2.84. The molecule has 1 aromatic rings. The first-order valence-corrected chi connectivity index (χ1v) is 7.04. The second-order valence-corrected chi connectivity index (χ2v) is 5.68. The minimum Gasteiger partial charge on any atom is -0.392 e. The molecule has 1 aromatic carbocycles. The maximum atomic E-state index is 11.6. The van der Waals surface area contributed by atoms with E-state index in [1.807, 2.05) is 12.1 Å². The third kappa shape index (κ3) is 2.48. The summed E-state index contributed by atoms with van der Waals surface area (Å²) in [6, 6.07) is 3.85. The van der Waals surface area contributed by atoms with Gasteiger partial charge in [-0.2, -0.15) is 0 Å². The maximum absolute atomic E-state index is 11.6. The van der Waals surface area contributed by atoms with Gasteiger partial charge < -0.3 is 15.7 Å². The molecule has 3 N–H and O–H groups in total. The van der Waals surface area contributed by atoms with E-state index in [9.17, 15) is 9.90 Å². The lowest BCUT2D eigenvalue weighted by Crippen LogP contribution is -2.35. The van der Waals surface area contributed by atoms with Crippen LogP contribution in [-0.2, 0) is 13.1 Å². The van der Waals surface area contributed by atoms with Gasteiger partial charge in [0.25, 0.3) is 5.91 Å². The number of carbonyl (C=O) groups is 1. The molecule has 2 atom stereocenters. The summed E-state index contributed by atoms with van der Waals surface area (Å²) in [5.41, 5.74) is 2.59. The number of halogens is 1. The first-order chi connectivity index (χ1) is 9.15. The molecule has 2 aliphatic rings. The summed E-state index contributed by atoms with van der Waals surface area (Å²) in [5.74, 6) is -0.0335. The standard InChI is InChI=1S/C14H17ClN2O2/c15-11-5-8-6-17-14(19)10(8)4-9(11)7-16-12-2-1-3-13(12)18/h4-5,12-13,16,18H,1-3,6-7H2,(H,17,19)/t12-,13+/m1/s1. The molecule has 1 amide bonds. The molecule has 0 bridgehead atoms. The van der Waals surface area contributed by atoms with Crippen molar-refractivity contribution in [2.45, 2.75) is 44.5 Å². The number of aliphatic hydroxyl groups excluding tert-OH is 1. The van der Waals surface area contributed by atoms with Crippen LogP contribution >= 0.6 is 11.6 Å². The van der Waals surface area contributed by atoms with Crippen molar-refractivity contribution >= 4 is 17.5 Å². The second kappa shape index (κ2) is 5.12. The van der Waals surface area contributed by atoms with Crippen molar-refractivity contribution in [3.63, 3.8) is 0 Å². The number of fused-ring (bicyclic) bond motifs is 1. The molecule has 5 heteroatoms. The molecule has 0 saturated heterocycles. The molecule has 0 aromatic heterocycles. The average Bonchev–Trinajstić information content (AvgIpc) is 2.94. The van der Waals surface area contributed by atoms with Crippen LogP contribution in [0.25, 0.3) is 0 Å². The Morgan fingerprint density at radius 1 is 1.42 bits per heavy atom. The molecule has 0 radical (unpaired) electrons. The first kappa shape index (κ1) is 12.9. The van der Waals surface area contributed by atoms with Gasteiger partial charge >= 0.3 is 0 Å². The summed E-state index contributed by atoms with van der Waals surface area (Å²) in [6.45, 7) is 1.14. The fourth-order valence-corrected chi connectivity index (χ4v) is 3.10. The van der Waals surface area contributed by atoms with E-state index in [2.05, 4.69) is 10.6 Å². The van der Waals surface area contributed by atoms with E-state index in [0.717, 1.165) is 30.4 Å². The van der Waals surface area contributed by atoms with Gasteiger partial charge in [0, 0.05) is 29.7 Å². The van der Waals surface area contributed by atoms with Crippen LogP contribution in [-0.4, -0.2) is 23.2 Å². The molecule has 1 fully saturated rings. The minimum atomic E-state index is -0.267. The second-order valence-electron chi connectivity index (χ2n) is 5.27. The van der Waals surface area contributed by atoms with Crippen LogP contribution in [0.5, 0.6) is 0 Å². The fraction of sp³-hybridized carbons (Fsp3) is 0.500. The molecule has 0 spiro atoms. The summed E-state index contributed by atoms with van der Waals surface area (Å²) in [4.78, 5) is 11.6. The Morgan fingerprint density at radius 3 is 3.00 bits per heavy atom. The number of amides is 1. The monoisotopic (exact) mass is 280 g/mol. The van der Waals surface area contributed by atoms with Gasteiger partial charge in [0.05, 0.1) is 6.10 Å². The lowest BCUT2D eigenvalue weighted by atomic mass is 10.1. The normalized spacial score (nSPS) is 25.5. The smallest absolute Gasteiger partial charge is 0.251 e.